The van der Waals surface area contributed by atoms with Crippen molar-refractivity contribution >= 4 is 63.5 Å². The molecule has 8 heteroatoms. The average Bonchev–Trinajstić information content (AvgIpc) is 3.35. The van der Waals surface area contributed by atoms with Crippen molar-refractivity contribution in [3.05, 3.63) is 98.5 Å². The fourth-order valence-electron chi connectivity index (χ4n) is 4.14. The molecule has 5 nitrogen and oxygen atoms in total. The summed E-state index contributed by atoms with van der Waals surface area (Å²) in [7, 11) is 1.63. The maximum atomic E-state index is 12.8. The molecule has 1 fully saturated rings. The SMILES string of the molecule is COc1ccc(C)cc1NC1NC(=O)/C(=C/c2cn(Cc3ccc(Cl)cc3Cl)c3ccccc23)S1. The van der Waals surface area contributed by atoms with Gasteiger partial charge in [0.1, 0.15) is 5.75 Å². The molecule has 5 rings (SSSR count). The highest BCUT2D eigenvalue weighted by Crippen LogP contribution is 2.35. The molecule has 2 N–H and O–H groups in total. The number of nitrogens with one attached hydrogen (secondary N) is 2. The topological polar surface area (TPSA) is 55.3 Å². The molecule has 4 aromatic rings. The van der Waals surface area contributed by atoms with Crippen LogP contribution in [0.2, 0.25) is 10.0 Å². The van der Waals surface area contributed by atoms with Crippen molar-refractivity contribution in [2.75, 3.05) is 12.4 Å². The Labute approximate surface area is 218 Å². The number of ether oxygens (including phenoxy) is 1. The number of hydrogen-bond donors (Lipinski definition) is 2. The van der Waals surface area contributed by atoms with Crippen molar-refractivity contribution in [2.24, 2.45) is 0 Å². The molecule has 1 saturated heterocycles. The Balaban J connectivity index is 1.43. The summed E-state index contributed by atoms with van der Waals surface area (Å²) in [5.74, 6) is 0.614. The molecule has 1 aliphatic heterocycles. The van der Waals surface area contributed by atoms with E-state index in [9.17, 15) is 4.79 Å². The minimum absolute atomic E-state index is 0.114. The quantitative estimate of drug-likeness (QED) is 0.269. The molecule has 3 aromatic carbocycles. The van der Waals surface area contributed by atoms with Crippen LogP contribution < -0.4 is 15.4 Å². The first-order chi connectivity index (χ1) is 16.9. The zero-order chi connectivity index (χ0) is 24.5. The van der Waals surface area contributed by atoms with E-state index in [-0.39, 0.29) is 11.4 Å². The van der Waals surface area contributed by atoms with E-state index in [1.807, 2.05) is 55.5 Å². The number of halogens is 2. The monoisotopic (exact) mass is 523 g/mol. The van der Waals surface area contributed by atoms with Gasteiger partial charge in [-0.15, -0.1) is 0 Å². The number of para-hydroxylation sites is 1. The number of rotatable bonds is 6. The molecule has 0 spiro atoms. The van der Waals surface area contributed by atoms with Gasteiger partial charge in [-0.25, -0.2) is 0 Å². The zero-order valence-electron chi connectivity index (χ0n) is 19.1. The molecule has 2 heterocycles. The zero-order valence-corrected chi connectivity index (χ0v) is 21.5. The molecule has 1 aromatic heterocycles. The van der Waals surface area contributed by atoms with E-state index in [2.05, 4.69) is 33.5 Å². The van der Waals surface area contributed by atoms with Crippen LogP contribution in [0, 0.1) is 6.92 Å². The molecular formula is C27H23Cl2N3O2S. The average molecular weight is 524 g/mol. The van der Waals surface area contributed by atoms with E-state index in [0.29, 0.717) is 21.5 Å². The lowest BCUT2D eigenvalue weighted by Crippen LogP contribution is -2.31. The number of benzene rings is 3. The molecule has 0 aliphatic carbocycles. The summed E-state index contributed by atoms with van der Waals surface area (Å²) in [5.41, 5.74) is 4.64. The van der Waals surface area contributed by atoms with Gasteiger partial charge in [-0.3, -0.25) is 4.79 Å². The lowest BCUT2D eigenvalue weighted by atomic mass is 10.1. The first kappa shape index (κ1) is 23.7. The summed E-state index contributed by atoms with van der Waals surface area (Å²) in [4.78, 5) is 13.4. The van der Waals surface area contributed by atoms with Crippen molar-refractivity contribution in [1.29, 1.82) is 0 Å². The molecule has 0 saturated carbocycles. The molecule has 1 atom stereocenters. The first-order valence-corrected chi connectivity index (χ1v) is 12.7. The summed E-state index contributed by atoms with van der Waals surface area (Å²) in [6, 6.07) is 19.6. The Bertz CT molecular complexity index is 1460. The highest BCUT2D eigenvalue weighted by atomic mass is 35.5. The summed E-state index contributed by atoms with van der Waals surface area (Å²) in [6.07, 6.45) is 4.00. The van der Waals surface area contributed by atoms with Crippen molar-refractivity contribution < 1.29 is 9.53 Å². The minimum atomic E-state index is -0.300. The number of fused-ring (bicyclic) bond motifs is 1. The normalized spacial score (nSPS) is 16.6. The van der Waals surface area contributed by atoms with Crippen LogP contribution >= 0.6 is 35.0 Å². The van der Waals surface area contributed by atoms with Crippen LogP contribution in [0.15, 0.2) is 71.8 Å². The predicted octanol–water partition coefficient (Wildman–Crippen LogP) is 6.91. The van der Waals surface area contributed by atoms with Crippen molar-refractivity contribution in [3.8, 4) is 5.75 Å². The Kier molecular flexibility index (Phi) is 6.69. The van der Waals surface area contributed by atoms with Gasteiger partial charge in [-0.05, 0) is 54.5 Å². The van der Waals surface area contributed by atoms with Gasteiger partial charge in [0.2, 0.25) is 0 Å². The van der Waals surface area contributed by atoms with Crippen LogP contribution in [0.25, 0.3) is 17.0 Å². The first-order valence-electron chi connectivity index (χ1n) is 11.0. The van der Waals surface area contributed by atoms with Gasteiger partial charge in [0, 0.05) is 39.3 Å². The number of anilines is 1. The number of nitrogens with zero attached hydrogens (tertiary/aromatic N) is 1. The second-order valence-electron chi connectivity index (χ2n) is 8.29. The third-order valence-corrected chi connectivity index (χ3v) is 7.45. The van der Waals surface area contributed by atoms with Gasteiger partial charge in [0.25, 0.3) is 5.91 Å². The van der Waals surface area contributed by atoms with Crippen LogP contribution in [-0.2, 0) is 11.3 Å². The second-order valence-corrected chi connectivity index (χ2v) is 10.3. The summed E-state index contributed by atoms with van der Waals surface area (Å²) in [5, 5.41) is 8.67. The van der Waals surface area contributed by atoms with Crippen molar-refractivity contribution in [3.63, 3.8) is 0 Å². The molecule has 178 valence electrons. The Morgan fingerprint density at radius 1 is 1.14 bits per heavy atom. The van der Waals surface area contributed by atoms with Gasteiger partial charge >= 0.3 is 0 Å². The smallest absolute Gasteiger partial charge is 0.260 e. The highest BCUT2D eigenvalue weighted by molar-refractivity contribution is 8.05. The minimum Gasteiger partial charge on any atom is -0.495 e. The number of hydrogen-bond acceptors (Lipinski definition) is 4. The van der Waals surface area contributed by atoms with Crippen molar-refractivity contribution in [1.82, 2.24) is 9.88 Å². The number of carbonyl (C=O) groups excluding carboxylic acids is 1. The molecule has 35 heavy (non-hydrogen) atoms. The van der Waals surface area contributed by atoms with Crippen LogP contribution in [0.4, 0.5) is 5.69 Å². The number of thioether (sulfide) groups is 1. The maximum Gasteiger partial charge on any atom is 0.260 e. The number of amides is 1. The summed E-state index contributed by atoms with van der Waals surface area (Å²) >= 11 is 13.9. The Morgan fingerprint density at radius 3 is 2.77 bits per heavy atom. The van der Waals surface area contributed by atoms with E-state index in [0.717, 1.165) is 39.0 Å². The van der Waals surface area contributed by atoms with Crippen LogP contribution in [0.5, 0.6) is 5.75 Å². The lowest BCUT2D eigenvalue weighted by Gasteiger charge is -2.16. The standard InChI is InChI=1S/C27H23Cl2N3O2S/c1-16-7-10-24(34-2)22(11-16)30-27-31-26(33)25(35-27)12-18-15-32(23-6-4-3-5-20(18)23)14-17-8-9-19(28)13-21(17)29/h3-13,15,27,30H,14H2,1-2H3,(H,31,33)/b25-12-. The third-order valence-electron chi connectivity index (χ3n) is 5.83. The fourth-order valence-corrected chi connectivity index (χ4v) is 5.57. The molecular weight excluding hydrogens is 501 g/mol. The third kappa shape index (κ3) is 5.01. The largest absolute Gasteiger partial charge is 0.495 e. The van der Waals surface area contributed by atoms with Gasteiger partial charge < -0.3 is 19.9 Å². The Morgan fingerprint density at radius 2 is 1.97 bits per heavy atom. The second kappa shape index (κ2) is 9.90. The highest BCUT2D eigenvalue weighted by Gasteiger charge is 2.28. The van der Waals surface area contributed by atoms with Crippen molar-refractivity contribution in [2.45, 2.75) is 19.0 Å². The van der Waals surface area contributed by atoms with Gasteiger partial charge in [0.05, 0.1) is 17.7 Å². The van der Waals surface area contributed by atoms with E-state index >= 15 is 0 Å². The molecule has 1 amide bonds. The van der Waals surface area contributed by atoms with E-state index in [1.165, 1.54) is 11.8 Å². The summed E-state index contributed by atoms with van der Waals surface area (Å²) < 4.78 is 7.60. The number of aromatic nitrogens is 1. The summed E-state index contributed by atoms with van der Waals surface area (Å²) in [6.45, 7) is 2.61. The van der Waals surface area contributed by atoms with E-state index < -0.39 is 0 Å². The number of carbonyl (C=O) groups is 1. The maximum absolute atomic E-state index is 12.8. The van der Waals surface area contributed by atoms with Gasteiger partial charge in [-0.2, -0.15) is 0 Å². The van der Waals surface area contributed by atoms with Crippen LogP contribution in [0.3, 0.4) is 0 Å². The number of methoxy groups -OCH3 is 1. The fraction of sp³-hybridized carbons (Fsp3) is 0.148. The van der Waals surface area contributed by atoms with E-state index in [4.69, 9.17) is 27.9 Å². The lowest BCUT2D eigenvalue weighted by molar-refractivity contribution is -0.116. The van der Waals surface area contributed by atoms with Gasteiger partial charge in [0.15, 0.2) is 5.50 Å². The van der Waals surface area contributed by atoms with E-state index in [1.54, 1.807) is 13.2 Å². The molecule has 0 radical (unpaired) electrons. The van der Waals surface area contributed by atoms with Crippen LogP contribution in [0.1, 0.15) is 16.7 Å². The predicted molar refractivity (Wildman–Crippen MR) is 146 cm³/mol. The van der Waals surface area contributed by atoms with Gasteiger partial charge in [-0.1, -0.05) is 65.3 Å². The number of aryl methyl sites for hydroxylation is 1. The molecule has 0 bridgehead atoms. The molecule has 1 aliphatic rings. The Hall–Kier alpha value is -3.06. The van der Waals surface area contributed by atoms with Crippen LogP contribution in [-0.4, -0.2) is 23.1 Å². The molecule has 1 unspecified atom stereocenters.